The summed E-state index contributed by atoms with van der Waals surface area (Å²) >= 11 is 1.75. The van der Waals surface area contributed by atoms with Crippen LogP contribution >= 0.6 is 11.8 Å². The molecule has 5 nitrogen and oxygen atoms in total. The number of amides is 1. The summed E-state index contributed by atoms with van der Waals surface area (Å²) in [5, 5.41) is 12.1. The molecule has 1 aromatic carbocycles. The van der Waals surface area contributed by atoms with Crippen molar-refractivity contribution in [2.45, 2.75) is 25.3 Å². The lowest BCUT2D eigenvalue weighted by molar-refractivity contribution is -0.131. The van der Waals surface area contributed by atoms with Gasteiger partial charge in [0.05, 0.1) is 23.2 Å². The van der Waals surface area contributed by atoms with Crippen LogP contribution in [0.1, 0.15) is 24.8 Å². The largest absolute Gasteiger partial charge is 0.384 e. The van der Waals surface area contributed by atoms with Crippen molar-refractivity contribution in [2.75, 3.05) is 30.0 Å². The molecule has 0 bridgehead atoms. The number of hydrogen-bond acceptors (Lipinski definition) is 5. The number of nitrogens with zero attached hydrogens (tertiary/aromatic N) is 2. The zero-order valence-corrected chi connectivity index (χ0v) is 13.7. The predicted octanol–water partition coefficient (Wildman–Crippen LogP) is 2.14. The Morgan fingerprint density at radius 2 is 2.35 bits per heavy atom. The molecule has 1 aliphatic heterocycles. The highest BCUT2D eigenvalue weighted by molar-refractivity contribution is 7.99. The van der Waals surface area contributed by atoms with Crippen LogP contribution in [-0.2, 0) is 4.79 Å². The summed E-state index contributed by atoms with van der Waals surface area (Å²) in [6.45, 7) is 1.45. The third-order valence-electron chi connectivity index (χ3n) is 3.74. The second-order valence-electron chi connectivity index (χ2n) is 5.47. The molecule has 2 rings (SSSR count). The van der Waals surface area contributed by atoms with Gasteiger partial charge < -0.3 is 16.0 Å². The molecular weight excluding hydrogens is 315 g/mol. The minimum absolute atomic E-state index is 0.0354. The minimum atomic E-state index is -0.436. The molecule has 0 aromatic heterocycles. The maximum atomic E-state index is 13.0. The minimum Gasteiger partial charge on any atom is -0.384 e. The quantitative estimate of drug-likeness (QED) is 0.746. The first-order valence-corrected chi connectivity index (χ1v) is 8.83. The van der Waals surface area contributed by atoms with E-state index < -0.39 is 11.9 Å². The maximum Gasteiger partial charge on any atom is 0.240 e. The molecule has 124 valence electrons. The fourth-order valence-corrected chi connectivity index (χ4v) is 3.38. The molecule has 1 saturated heterocycles. The van der Waals surface area contributed by atoms with Crippen LogP contribution in [-0.4, -0.2) is 41.6 Å². The van der Waals surface area contributed by atoms with E-state index in [1.807, 2.05) is 11.0 Å². The lowest BCUT2D eigenvalue weighted by Gasteiger charge is -2.19. The van der Waals surface area contributed by atoms with Gasteiger partial charge in [-0.15, -0.1) is 11.8 Å². The molecular formula is C16H21FN4OS. The Morgan fingerprint density at radius 1 is 1.52 bits per heavy atom. The SMILES string of the molecule is N#Cc1cc(F)ccc1NCCCC[C@H](N)C(=O)N1CCSC1. The molecule has 0 aliphatic carbocycles. The van der Waals surface area contributed by atoms with Crippen molar-refractivity contribution < 1.29 is 9.18 Å². The zero-order valence-electron chi connectivity index (χ0n) is 12.9. The summed E-state index contributed by atoms with van der Waals surface area (Å²) in [7, 11) is 0. The fourth-order valence-electron chi connectivity index (χ4n) is 2.42. The average molecular weight is 336 g/mol. The third-order valence-corrected chi connectivity index (χ3v) is 4.71. The van der Waals surface area contributed by atoms with Gasteiger partial charge in [0.15, 0.2) is 0 Å². The molecule has 0 spiro atoms. The Hall–Kier alpha value is -1.78. The van der Waals surface area contributed by atoms with Crippen molar-refractivity contribution in [3.63, 3.8) is 0 Å². The Balaban J connectivity index is 1.68. The molecule has 1 heterocycles. The van der Waals surface area contributed by atoms with Crippen LogP contribution in [0.25, 0.3) is 0 Å². The number of thioether (sulfide) groups is 1. The van der Waals surface area contributed by atoms with E-state index in [0.29, 0.717) is 24.2 Å². The standard InChI is InChI=1S/C16H21FN4OS/c17-13-4-5-15(12(9-13)10-18)20-6-2-1-3-14(19)16(22)21-7-8-23-11-21/h4-5,9,14,20H,1-3,6-8,11,19H2/t14-/m0/s1. The summed E-state index contributed by atoms with van der Waals surface area (Å²) in [6.07, 6.45) is 2.30. The van der Waals surface area contributed by atoms with Crippen LogP contribution in [0.15, 0.2) is 18.2 Å². The molecule has 0 saturated carbocycles. The number of anilines is 1. The molecule has 0 unspecified atom stereocenters. The highest BCUT2D eigenvalue weighted by Gasteiger charge is 2.23. The first-order valence-electron chi connectivity index (χ1n) is 7.67. The smallest absolute Gasteiger partial charge is 0.240 e. The first kappa shape index (κ1) is 17.6. The molecule has 0 radical (unpaired) electrons. The first-order chi connectivity index (χ1) is 11.1. The van der Waals surface area contributed by atoms with Crippen LogP contribution in [0.4, 0.5) is 10.1 Å². The Kier molecular flexibility index (Phi) is 6.68. The van der Waals surface area contributed by atoms with Gasteiger partial charge >= 0.3 is 0 Å². The van der Waals surface area contributed by atoms with Crippen molar-refractivity contribution in [2.24, 2.45) is 5.73 Å². The second kappa shape index (κ2) is 8.75. The van der Waals surface area contributed by atoms with Crippen molar-refractivity contribution in [1.82, 2.24) is 4.90 Å². The lowest BCUT2D eigenvalue weighted by atomic mass is 10.1. The lowest BCUT2D eigenvalue weighted by Crippen LogP contribution is -2.42. The third kappa shape index (κ3) is 5.12. The number of carbonyl (C=O) groups excluding carboxylic acids is 1. The van der Waals surface area contributed by atoms with Crippen LogP contribution < -0.4 is 11.1 Å². The summed E-state index contributed by atoms with van der Waals surface area (Å²) in [6, 6.07) is 5.63. The normalized spacial score (nSPS) is 15.3. The van der Waals surface area contributed by atoms with Gasteiger partial charge in [0.2, 0.25) is 5.91 Å². The number of nitrogens with one attached hydrogen (secondary N) is 1. The summed E-state index contributed by atoms with van der Waals surface area (Å²) in [5.41, 5.74) is 6.87. The Labute approximate surface area is 140 Å². The number of rotatable bonds is 7. The highest BCUT2D eigenvalue weighted by Crippen LogP contribution is 2.17. The van der Waals surface area contributed by atoms with Gasteiger partial charge in [-0.05, 0) is 37.5 Å². The van der Waals surface area contributed by atoms with E-state index in [2.05, 4.69) is 5.32 Å². The summed E-state index contributed by atoms with van der Waals surface area (Å²) in [5.74, 6) is 1.35. The van der Waals surface area contributed by atoms with Gasteiger partial charge in [0, 0.05) is 18.8 Å². The van der Waals surface area contributed by atoms with Crippen molar-refractivity contribution in [1.29, 1.82) is 5.26 Å². The Morgan fingerprint density at radius 3 is 3.04 bits per heavy atom. The Bertz CT molecular complexity index is 584. The molecule has 1 amide bonds. The van der Waals surface area contributed by atoms with Crippen LogP contribution in [0.3, 0.4) is 0 Å². The van der Waals surface area contributed by atoms with Crippen LogP contribution in [0, 0.1) is 17.1 Å². The van der Waals surface area contributed by atoms with E-state index in [-0.39, 0.29) is 5.91 Å². The molecule has 1 aliphatic rings. The van der Waals surface area contributed by atoms with Gasteiger partial charge in [0.25, 0.3) is 0 Å². The van der Waals surface area contributed by atoms with Crippen molar-refractivity contribution in [3.8, 4) is 6.07 Å². The van der Waals surface area contributed by atoms with Gasteiger partial charge in [-0.25, -0.2) is 4.39 Å². The molecule has 3 N–H and O–H groups in total. The number of nitrogens with two attached hydrogens (primary N) is 1. The predicted molar refractivity (Wildman–Crippen MR) is 90.5 cm³/mol. The maximum absolute atomic E-state index is 13.0. The second-order valence-corrected chi connectivity index (χ2v) is 6.54. The van der Waals surface area contributed by atoms with E-state index in [4.69, 9.17) is 11.0 Å². The van der Waals surface area contributed by atoms with Gasteiger partial charge in [-0.2, -0.15) is 5.26 Å². The number of halogens is 1. The number of carbonyl (C=O) groups is 1. The number of hydrogen-bond donors (Lipinski definition) is 2. The van der Waals surface area contributed by atoms with E-state index in [0.717, 1.165) is 31.0 Å². The van der Waals surface area contributed by atoms with Crippen molar-refractivity contribution >= 4 is 23.4 Å². The van der Waals surface area contributed by atoms with E-state index >= 15 is 0 Å². The molecule has 23 heavy (non-hydrogen) atoms. The number of unbranched alkanes of at least 4 members (excludes halogenated alkanes) is 1. The van der Waals surface area contributed by atoms with E-state index in [1.165, 1.54) is 12.1 Å². The number of nitriles is 1. The monoisotopic (exact) mass is 336 g/mol. The number of benzene rings is 1. The van der Waals surface area contributed by atoms with E-state index in [9.17, 15) is 9.18 Å². The van der Waals surface area contributed by atoms with E-state index in [1.54, 1.807) is 17.8 Å². The fraction of sp³-hybridized carbons (Fsp3) is 0.500. The highest BCUT2D eigenvalue weighted by atomic mass is 32.2. The zero-order chi connectivity index (χ0) is 16.7. The van der Waals surface area contributed by atoms with Crippen LogP contribution in [0.2, 0.25) is 0 Å². The van der Waals surface area contributed by atoms with Crippen molar-refractivity contribution in [3.05, 3.63) is 29.6 Å². The molecule has 1 fully saturated rings. The topological polar surface area (TPSA) is 82.1 Å². The van der Waals surface area contributed by atoms with Gasteiger partial charge in [-0.1, -0.05) is 0 Å². The molecule has 7 heteroatoms. The van der Waals surface area contributed by atoms with Crippen LogP contribution in [0.5, 0.6) is 0 Å². The summed E-state index contributed by atoms with van der Waals surface area (Å²) < 4.78 is 13.0. The van der Waals surface area contributed by atoms with Gasteiger partial charge in [-0.3, -0.25) is 4.79 Å². The van der Waals surface area contributed by atoms with Gasteiger partial charge in [0.1, 0.15) is 11.9 Å². The average Bonchev–Trinajstić information content (AvgIpc) is 3.09. The summed E-state index contributed by atoms with van der Waals surface area (Å²) in [4.78, 5) is 13.9. The molecule has 1 aromatic rings. The molecule has 1 atom stereocenters.